The number of hydrogen-bond donors (Lipinski definition) is 0. The number of non-ortho nitro benzene ring substituents is 1. The molecule has 0 radical (unpaired) electrons. The van der Waals surface area contributed by atoms with E-state index in [2.05, 4.69) is 9.88 Å². The van der Waals surface area contributed by atoms with Crippen molar-refractivity contribution in [1.29, 1.82) is 0 Å². The van der Waals surface area contributed by atoms with Crippen LogP contribution in [0.1, 0.15) is 11.3 Å². The molecule has 0 bridgehead atoms. The highest BCUT2D eigenvalue weighted by Gasteiger charge is 2.22. The van der Waals surface area contributed by atoms with Gasteiger partial charge >= 0.3 is 0 Å². The molecule has 5 heteroatoms. The third-order valence-electron chi connectivity index (χ3n) is 3.35. The first kappa shape index (κ1) is 11.6. The second kappa shape index (κ2) is 4.68. The number of benzene rings is 1. The van der Waals surface area contributed by atoms with Gasteiger partial charge in [0.1, 0.15) is 0 Å². The highest BCUT2D eigenvalue weighted by Crippen LogP contribution is 2.32. The first-order chi connectivity index (χ1) is 9.24. The van der Waals surface area contributed by atoms with E-state index >= 15 is 0 Å². The fourth-order valence-corrected chi connectivity index (χ4v) is 2.40. The molecule has 0 aliphatic carbocycles. The van der Waals surface area contributed by atoms with Crippen LogP contribution in [-0.2, 0) is 13.0 Å². The standard InChI is InChI=1S/C14H13N3O2/c18-17(19)13-5-4-11-6-8-16(14(11)9-13)10-12-3-1-2-7-15-12/h1-5,7,9H,6,8,10H2. The van der Waals surface area contributed by atoms with Gasteiger partial charge in [0.25, 0.3) is 5.69 Å². The molecule has 0 fully saturated rings. The molecule has 3 rings (SSSR count). The minimum absolute atomic E-state index is 0.145. The van der Waals surface area contributed by atoms with E-state index in [1.807, 2.05) is 24.3 Å². The molecule has 1 aromatic heterocycles. The van der Waals surface area contributed by atoms with E-state index in [1.54, 1.807) is 18.3 Å². The summed E-state index contributed by atoms with van der Waals surface area (Å²) in [6.07, 6.45) is 2.69. The van der Waals surface area contributed by atoms with E-state index in [0.29, 0.717) is 6.54 Å². The van der Waals surface area contributed by atoms with Crippen LogP contribution in [0.15, 0.2) is 42.6 Å². The van der Waals surface area contributed by atoms with E-state index in [0.717, 1.165) is 24.3 Å². The van der Waals surface area contributed by atoms with Crippen LogP contribution in [0.5, 0.6) is 0 Å². The smallest absolute Gasteiger partial charge is 0.271 e. The van der Waals surface area contributed by atoms with Gasteiger partial charge < -0.3 is 4.90 Å². The topological polar surface area (TPSA) is 59.3 Å². The van der Waals surface area contributed by atoms with Gasteiger partial charge in [-0.05, 0) is 24.1 Å². The third kappa shape index (κ3) is 2.27. The number of hydrogen-bond acceptors (Lipinski definition) is 4. The lowest BCUT2D eigenvalue weighted by molar-refractivity contribution is -0.384. The zero-order valence-corrected chi connectivity index (χ0v) is 10.3. The van der Waals surface area contributed by atoms with Gasteiger partial charge in [-0.1, -0.05) is 12.1 Å². The minimum Gasteiger partial charge on any atom is -0.365 e. The van der Waals surface area contributed by atoms with Crippen LogP contribution >= 0.6 is 0 Å². The summed E-state index contributed by atoms with van der Waals surface area (Å²) >= 11 is 0. The molecule has 0 saturated carbocycles. The van der Waals surface area contributed by atoms with E-state index in [-0.39, 0.29) is 10.6 Å². The first-order valence-electron chi connectivity index (χ1n) is 6.16. The van der Waals surface area contributed by atoms with Crippen molar-refractivity contribution in [3.8, 4) is 0 Å². The summed E-state index contributed by atoms with van der Waals surface area (Å²) in [5, 5.41) is 10.8. The molecule has 0 atom stereocenters. The molecule has 0 unspecified atom stereocenters. The van der Waals surface area contributed by atoms with E-state index in [9.17, 15) is 10.1 Å². The second-order valence-corrected chi connectivity index (χ2v) is 4.56. The van der Waals surface area contributed by atoms with Crippen molar-refractivity contribution < 1.29 is 4.92 Å². The Hall–Kier alpha value is -2.43. The summed E-state index contributed by atoms with van der Waals surface area (Å²) < 4.78 is 0. The molecule has 19 heavy (non-hydrogen) atoms. The molecule has 1 aliphatic heterocycles. The number of nitro groups is 1. The van der Waals surface area contributed by atoms with Crippen molar-refractivity contribution >= 4 is 11.4 Å². The van der Waals surface area contributed by atoms with Gasteiger partial charge in [-0.25, -0.2) is 0 Å². The normalized spacial score (nSPS) is 13.4. The van der Waals surface area contributed by atoms with Crippen LogP contribution in [0, 0.1) is 10.1 Å². The average Bonchev–Trinajstić information content (AvgIpc) is 2.82. The molecule has 1 aliphatic rings. The van der Waals surface area contributed by atoms with Crippen molar-refractivity contribution in [3.05, 3.63) is 64.0 Å². The molecular weight excluding hydrogens is 242 g/mol. The number of aromatic nitrogens is 1. The van der Waals surface area contributed by atoms with Crippen molar-refractivity contribution in [2.24, 2.45) is 0 Å². The van der Waals surface area contributed by atoms with Crippen LogP contribution in [-0.4, -0.2) is 16.5 Å². The van der Waals surface area contributed by atoms with Gasteiger partial charge in [0.05, 0.1) is 17.2 Å². The maximum absolute atomic E-state index is 10.8. The quantitative estimate of drug-likeness (QED) is 0.624. The van der Waals surface area contributed by atoms with Crippen LogP contribution in [0.25, 0.3) is 0 Å². The largest absolute Gasteiger partial charge is 0.365 e. The Balaban J connectivity index is 1.88. The Morgan fingerprint density at radius 1 is 1.32 bits per heavy atom. The predicted octanol–water partition coefficient (Wildman–Crippen LogP) is 2.55. The molecule has 96 valence electrons. The predicted molar refractivity (Wildman–Crippen MR) is 72.1 cm³/mol. The number of nitro benzene ring substituents is 1. The fourth-order valence-electron chi connectivity index (χ4n) is 2.40. The molecule has 0 spiro atoms. The molecule has 2 heterocycles. The maximum Gasteiger partial charge on any atom is 0.271 e. The van der Waals surface area contributed by atoms with Crippen LogP contribution in [0.4, 0.5) is 11.4 Å². The molecule has 0 amide bonds. The van der Waals surface area contributed by atoms with Crippen molar-refractivity contribution in [2.45, 2.75) is 13.0 Å². The molecule has 1 aromatic carbocycles. The van der Waals surface area contributed by atoms with Crippen LogP contribution < -0.4 is 4.90 Å². The maximum atomic E-state index is 10.8. The molecular formula is C14H13N3O2. The lowest BCUT2D eigenvalue weighted by atomic mass is 10.1. The highest BCUT2D eigenvalue weighted by molar-refractivity contribution is 5.62. The minimum atomic E-state index is -0.350. The Labute approximate surface area is 110 Å². The number of pyridine rings is 1. The first-order valence-corrected chi connectivity index (χ1v) is 6.16. The van der Waals surface area contributed by atoms with Gasteiger partial charge in [-0.3, -0.25) is 15.1 Å². The van der Waals surface area contributed by atoms with Crippen molar-refractivity contribution in [1.82, 2.24) is 4.98 Å². The Morgan fingerprint density at radius 3 is 2.95 bits per heavy atom. The van der Waals surface area contributed by atoms with Crippen molar-refractivity contribution in [2.75, 3.05) is 11.4 Å². The number of anilines is 1. The zero-order chi connectivity index (χ0) is 13.2. The van der Waals surface area contributed by atoms with Gasteiger partial charge in [0.2, 0.25) is 0 Å². The number of rotatable bonds is 3. The molecule has 5 nitrogen and oxygen atoms in total. The van der Waals surface area contributed by atoms with Crippen LogP contribution in [0.3, 0.4) is 0 Å². The number of fused-ring (bicyclic) bond motifs is 1. The van der Waals surface area contributed by atoms with Gasteiger partial charge in [0.15, 0.2) is 0 Å². The Kier molecular flexibility index (Phi) is 2.87. The Bertz CT molecular complexity index is 613. The average molecular weight is 255 g/mol. The lowest BCUT2D eigenvalue weighted by Crippen LogP contribution is -2.20. The van der Waals surface area contributed by atoms with E-state index in [1.165, 1.54) is 5.56 Å². The van der Waals surface area contributed by atoms with Crippen LogP contribution in [0.2, 0.25) is 0 Å². The molecule has 2 aromatic rings. The number of nitrogens with zero attached hydrogens (tertiary/aromatic N) is 3. The summed E-state index contributed by atoms with van der Waals surface area (Å²) in [5.41, 5.74) is 3.25. The Morgan fingerprint density at radius 2 is 2.21 bits per heavy atom. The summed E-state index contributed by atoms with van der Waals surface area (Å²) in [7, 11) is 0. The van der Waals surface area contributed by atoms with Gasteiger partial charge in [-0.15, -0.1) is 0 Å². The fraction of sp³-hybridized carbons (Fsp3) is 0.214. The van der Waals surface area contributed by atoms with Gasteiger partial charge in [-0.2, -0.15) is 0 Å². The van der Waals surface area contributed by atoms with Crippen molar-refractivity contribution in [3.63, 3.8) is 0 Å². The van der Waals surface area contributed by atoms with Gasteiger partial charge in [0, 0.05) is 30.6 Å². The monoisotopic (exact) mass is 255 g/mol. The van der Waals surface area contributed by atoms with E-state index < -0.39 is 0 Å². The summed E-state index contributed by atoms with van der Waals surface area (Å²) in [4.78, 5) is 16.9. The highest BCUT2D eigenvalue weighted by atomic mass is 16.6. The molecule has 0 saturated heterocycles. The third-order valence-corrected chi connectivity index (χ3v) is 3.35. The lowest BCUT2D eigenvalue weighted by Gasteiger charge is -2.18. The molecule has 0 N–H and O–H groups in total. The zero-order valence-electron chi connectivity index (χ0n) is 10.3. The van der Waals surface area contributed by atoms with E-state index in [4.69, 9.17) is 0 Å². The summed E-state index contributed by atoms with van der Waals surface area (Å²) in [5.74, 6) is 0. The summed E-state index contributed by atoms with van der Waals surface area (Å²) in [6, 6.07) is 10.9. The SMILES string of the molecule is O=[N+]([O-])c1ccc2c(c1)N(Cc1ccccn1)CC2. The summed E-state index contributed by atoms with van der Waals surface area (Å²) in [6.45, 7) is 1.57. The second-order valence-electron chi connectivity index (χ2n) is 4.56.